The van der Waals surface area contributed by atoms with E-state index in [0.29, 0.717) is 24.9 Å². The van der Waals surface area contributed by atoms with Crippen molar-refractivity contribution < 1.29 is 4.74 Å². The summed E-state index contributed by atoms with van der Waals surface area (Å²) in [5.41, 5.74) is 3.50. The molecule has 0 bridgehead atoms. The molecule has 0 fully saturated rings. The zero-order valence-electron chi connectivity index (χ0n) is 8.40. The summed E-state index contributed by atoms with van der Waals surface area (Å²) in [6, 6.07) is 10.0. The van der Waals surface area contributed by atoms with Crippen molar-refractivity contribution in [3.63, 3.8) is 0 Å². The largest absolute Gasteiger partial charge is 0.375 e. The maximum absolute atomic E-state index is 5.42. The lowest BCUT2D eigenvalue weighted by atomic mass is 10.2. The van der Waals surface area contributed by atoms with E-state index in [1.807, 2.05) is 30.3 Å². The van der Waals surface area contributed by atoms with E-state index in [2.05, 4.69) is 10.7 Å². The van der Waals surface area contributed by atoms with Gasteiger partial charge in [0.15, 0.2) is 5.11 Å². The third kappa shape index (κ3) is 5.31. The second kappa shape index (κ2) is 7.17. The Labute approximate surface area is 94.8 Å². The standard InChI is InChI=1S/C10H15N3OS/c11-13-10(15)12-6-7-14-8-9-4-2-1-3-5-9/h1-5H,6-8,11H2,(H2,12,13,15). The SMILES string of the molecule is NNC(=S)NCCOCc1ccccc1. The van der Waals surface area contributed by atoms with Crippen molar-refractivity contribution in [1.29, 1.82) is 0 Å². The van der Waals surface area contributed by atoms with Crippen LogP contribution in [0.5, 0.6) is 0 Å². The Morgan fingerprint density at radius 1 is 1.33 bits per heavy atom. The maximum Gasteiger partial charge on any atom is 0.180 e. The van der Waals surface area contributed by atoms with Gasteiger partial charge in [0.25, 0.3) is 0 Å². The Kier molecular flexibility index (Phi) is 5.69. The van der Waals surface area contributed by atoms with Crippen molar-refractivity contribution in [3.05, 3.63) is 35.9 Å². The van der Waals surface area contributed by atoms with Gasteiger partial charge in [-0.2, -0.15) is 0 Å². The average molecular weight is 225 g/mol. The van der Waals surface area contributed by atoms with E-state index in [0.717, 1.165) is 5.56 Å². The van der Waals surface area contributed by atoms with Crippen LogP contribution in [0, 0.1) is 0 Å². The van der Waals surface area contributed by atoms with Crippen LogP contribution in [0.2, 0.25) is 0 Å². The van der Waals surface area contributed by atoms with Crippen LogP contribution in [0.4, 0.5) is 0 Å². The number of hydrogen-bond donors (Lipinski definition) is 3. The first kappa shape index (κ1) is 11.9. The molecule has 15 heavy (non-hydrogen) atoms. The van der Waals surface area contributed by atoms with Crippen LogP contribution in [-0.4, -0.2) is 18.3 Å². The van der Waals surface area contributed by atoms with Gasteiger partial charge in [0.2, 0.25) is 0 Å². The maximum atomic E-state index is 5.42. The summed E-state index contributed by atoms with van der Waals surface area (Å²) < 4.78 is 5.42. The Balaban J connectivity index is 2.05. The van der Waals surface area contributed by atoms with E-state index in [4.69, 9.17) is 22.8 Å². The fourth-order valence-electron chi connectivity index (χ4n) is 1.05. The van der Waals surface area contributed by atoms with Crippen LogP contribution < -0.4 is 16.6 Å². The molecule has 0 amide bonds. The van der Waals surface area contributed by atoms with Gasteiger partial charge in [-0.3, -0.25) is 0 Å². The molecule has 82 valence electrons. The number of nitrogens with one attached hydrogen (secondary N) is 2. The minimum Gasteiger partial charge on any atom is -0.375 e. The Hall–Kier alpha value is -1.17. The van der Waals surface area contributed by atoms with Crippen molar-refractivity contribution in [3.8, 4) is 0 Å². The molecular weight excluding hydrogens is 210 g/mol. The van der Waals surface area contributed by atoms with Gasteiger partial charge in [-0.05, 0) is 17.8 Å². The Morgan fingerprint density at radius 2 is 2.07 bits per heavy atom. The van der Waals surface area contributed by atoms with E-state index < -0.39 is 0 Å². The smallest absolute Gasteiger partial charge is 0.180 e. The first-order chi connectivity index (χ1) is 7.33. The molecule has 4 nitrogen and oxygen atoms in total. The quantitative estimate of drug-likeness (QED) is 0.295. The first-order valence-corrected chi connectivity index (χ1v) is 5.10. The molecule has 1 aromatic carbocycles. The topological polar surface area (TPSA) is 59.3 Å². The zero-order valence-corrected chi connectivity index (χ0v) is 9.22. The lowest BCUT2D eigenvalue weighted by Crippen LogP contribution is -2.40. The van der Waals surface area contributed by atoms with Crippen LogP contribution in [0.1, 0.15) is 5.56 Å². The lowest BCUT2D eigenvalue weighted by Gasteiger charge is -2.07. The van der Waals surface area contributed by atoms with Gasteiger partial charge >= 0.3 is 0 Å². The van der Waals surface area contributed by atoms with Crippen molar-refractivity contribution >= 4 is 17.3 Å². The predicted molar refractivity (Wildman–Crippen MR) is 64.0 cm³/mol. The van der Waals surface area contributed by atoms with Crippen molar-refractivity contribution in [2.75, 3.05) is 13.2 Å². The normalized spacial score (nSPS) is 9.67. The number of thiocarbonyl (C=S) groups is 1. The molecule has 4 N–H and O–H groups in total. The highest BCUT2D eigenvalue weighted by Gasteiger charge is 1.93. The molecule has 1 aromatic rings. The highest BCUT2D eigenvalue weighted by Crippen LogP contribution is 1.99. The molecule has 0 spiro atoms. The molecule has 0 aromatic heterocycles. The van der Waals surface area contributed by atoms with Crippen molar-refractivity contribution in [2.24, 2.45) is 5.84 Å². The molecule has 1 rings (SSSR count). The van der Waals surface area contributed by atoms with Gasteiger partial charge in [0.1, 0.15) is 0 Å². The third-order valence-corrected chi connectivity index (χ3v) is 2.04. The van der Waals surface area contributed by atoms with Gasteiger partial charge < -0.3 is 15.5 Å². The summed E-state index contributed by atoms with van der Waals surface area (Å²) in [6.45, 7) is 1.86. The molecule has 0 heterocycles. The van der Waals surface area contributed by atoms with Crippen LogP contribution in [0.3, 0.4) is 0 Å². The fraction of sp³-hybridized carbons (Fsp3) is 0.300. The number of rotatable bonds is 5. The van der Waals surface area contributed by atoms with Gasteiger partial charge in [0.05, 0.1) is 13.2 Å². The molecule has 0 unspecified atom stereocenters. The fourth-order valence-corrected chi connectivity index (χ4v) is 1.15. The molecule has 0 saturated heterocycles. The molecular formula is C10H15N3OS. The summed E-state index contributed by atoms with van der Waals surface area (Å²) in [5, 5.41) is 3.32. The average Bonchev–Trinajstić information content (AvgIpc) is 2.29. The zero-order chi connectivity index (χ0) is 10.9. The van der Waals surface area contributed by atoms with E-state index >= 15 is 0 Å². The molecule has 0 aliphatic rings. The number of nitrogens with two attached hydrogens (primary N) is 1. The van der Waals surface area contributed by atoms with Crippen LogP contribution in [0.25, 0.3) is 0 Å². The molecule has 0 aliphatic carbocycles. The predicted octanol–water partition coefficient (Wildman–Crippen LogP) is 0.541. The monoisotopic (exact) mass is 225 g/mol. The Morgan fingerprint density at radius 3 is 2.73 bits per heavy atom. The molecule has 5 heteroatoms. The van der Waals surface area contributed by atoms with Gasteiger partial charge in [-0.15, -0.1) is 0 Å². The summed E-state index contributed by atoms with van der Waals surface area (Å²) >= 11 is 4.80. The summed E-state index contributed by atoms with van der Waals surface area (Å²) in [6.07, 6.45) is 0. The van der Waals surface area contributed by atoms with Crippen molar-refractivity contribution in [1.82, 2.24) is 10.7 Å². The van der Waals surface area contributed by atoms with Gasteiger partial charge in [-0.25, -0.2) is 5.84 Å². The number of ether oxygens (including phenoxy) is 1. The highest BCUT2D eigenvalue weighted by molar-refractivity contribution is 7.80. The highest BCUT2D eigenvalue weighted by atomic mass is 32.1. The number of benzene rings is 1. The van der Waals surface area contributed by atoms with Gasteiger partial charge in [-0.1, -0.05) is 30.3 Å². The van der Waals surface area contributed by atoms with Crippen LogP contribution >= 0.6 is 12.2 Å². The van der Waals surface area contributed by atoms with Gasteiger partial charge in [0, 0.05) is 6.54 Å². The van der Waals surface area contributed by atoms with E-state index in [-0.39, 0.29) is 0 Å². The Bertz CT molecular complexity index is 292. The van der Waals surface area contributed by atoms with E-state index in [9.17, 15) is 0 Å². The van der Waals surface area contributed by atoms with Crippen molar-refractivity contribution in [2.45, 2.75) is 6.61 Å². The second-order valence-corrected chi connectivity index (χ2v) is 3.35. The minimum absolute atomic E-state index is 0.429. The third-order valence-electron chi connectivity index (χ3n) is 1.77. The molecule has 0 radical (unpaired) electrons. The van der Waals surface area contributed by atoms with Crippen LogP contribution in [0.15, 0.2) is 30.3 Å². The second-order valence-electron chi connectivity index (χ2n) is 2.94. The minimum atomic E-state index is 0.429. The summed E-state index contributed by atoms with van der Waals surface area (Å²) in [7, 11) is 0. The first-order valence-electron chi connectivity index (χ1n) is 4.69. The van der Waals surface area contributed by atoms with Crippen LogP contribution in [-0.2, 0) is 11.3 Å². The molecule has 0 aliphatic heterocycles. The molecule has 0 atom stereocenters. The number of hydrazine groups is 1. The number of hydrogen-bond acceptors (Lipinski definition) is 3. The van der Waals surface area contributed by atoms with E-state index in [1.54, 1.807) is 0 Å². The summed E-state index contributed by atoms with van der Waals surface area (Å²) in [5.74, 6) is 5.08. The molecule has 0 saturated carbocycles. The summed E-state index contributed by atoms with van der Waals surface area (Å²) in [4.78, 5) is 0. The van der Waals surface area contributed by atoms with E-state index in [1.165, 1.54) is 0 Å². The lowest BCUT2D eigenvalue weighted by molar-refractivity contribution is 0.125.